The molecule has 0 N–H and O–H groups in total. The molecule has 0 aromatic heterocycles. The van der Waals surface area contributed by atoms with Crippen LogP contribution in [0.1, 0.15) is 78.3 Å². The Morgan fingerprint density at radius 2 is 1.57 bits per heavy atom. The van der Waals surface area contributed by atoms with Crippen molar-refractivity contribution in [2.75, 3.05) is 6.54 Å². The second kappa shape index (κ2) is 8.82. The van der Waals surface area contributed by atoms with Crippen molar-refractivity contribution in [3.05, 3.63) is 64.7 Å². The van der Waals surface area contributed by atoms with Crippen molar-refractivity contribution < 1.29 is 19.1 Å². The fraction of sp³-hybridized carbons (Fsp3) is 0.400. The Kier molecular flexibility index (Phi) is 6.40. The average molecular weight is 408 g/mol. The van der Waals surface area contributed by atoms with Crippen LogP contribution < -0.4 is 4.74 Å². The van der Waals surface area contributed by atoms with Crippen LogP contribution in [0.25, 0.3) is 0 Å². The molecule has 0 radical (unpaired) electrons. The summed E-state index contributed by atoms with van der Waals surface area (Å²) in [5.74, 6) is -0.109. The van der Waals surface area contributed by atoms with Gasteiger partial charge in [-0.2, -0.15) is 0 Å². The molecule has 5 heteroatoms. The number of fused-ring (bicyclic) bond motifs is 1. The van der Waals surface area contributed by atoms with Crippen LogP contribution >= 0.6 is 0 Å². The summed E-state index contributed by atoms with van der Waals surface area (Å²) in [4.78, 5) is 38.3. The van der Waals surface area contributed by atoms with Crippen molar-refractivity contribution in [2.24, 2.45) is 0 Å². The van der Waals surface area contributed by atoms with E-state index in [0.717, 1.165) is 17.5 Å². The van der Waals surface area contributed by atoms with Crippen LogP contribution in [0.5, 0.6) is 5.75 Å². The first-order valence-corrected chi connectivity index (χ1v) is 10.5. The Morgan fingerprint density at radius 3 is 2.17 bits per heavy atom. The van der Waals surface area contributed by atoms with Crippen molar-refractivity contribution in [2.45, 2.75) is 58.8 Å². The zero-order chi connectivity index (χ0) is 21.9. The SMILES string of the molecule is Cc1ccc(OC(=O)CCCCCN2C(=O)c3ccccc3C2=O)c(C(C)(C)C)c1. The number of aryl methyl sites for hydroxylation is 1. The van der Waals surface area contributed by atoms with Crippen LogP contribution in [0, 0.1) is 6.92 Å². The number of esters is 1. The smallest absolute Gasteiger partial charge is 0.311 e. The van der Waals surface area contributed by atoms with E-state index >= 15 is 0 Å². The van der Waals surface area contributed by atoms with Crippen LogP contribution in [0.2, 0.25) is 0 Å². The molecule has 2 amide bonds. The fourth-order valence-corrected chi connectivity index (χ4v) is 3.65. The molecule has 0 fully saturated rings. The summed E-state index contributed by atoms with van der Waals surface area (Å²) < 4.78 is 5.63. The van der Waals surface area contributed by atoms with E-state index in [2.05, 4.69) is 26.8 Å². The molecule has 0 saturated heterocycles. The van der Waals surface area contributed by atoms with Gasteiger partial charge in [-0.15, -0.1) is 0 Å². The van der Waals surface area contributed by atoms with Gasteiger partial charge >= 0.3 is 5.97 Å². The maximum Gasteiger partial charge on any atom is 0.311 e. The van der Waals surface area contributed by atoms with Crippen LogP contribution in [0.15, 0.2) is 42.5 Å². The van der Waals surface area contributed by atoms with Gasteiger partial charge in [0.1, 0.15) is 5.75 Å². The molecule has 0 spiro atoms. The lowest BCUT2D eigenvalue weighted by Gasteiger charge is -2.22. The highest BCUT2D eigenvalue weighted by atomic mass is 16.5. The Morgan fingerprint density at radius 1 is 0.933 bits per heavy atom. The minimum Gasteiger partial charge on any atom is -0.426 e. The monoisotopic (exact) mass is 407 g/mol. The molecule has 2 aromatic rings. The third-order valence-electron chi connectivity index (χ3n) is 5.31. The van der Waals surface area contributed by atoms with Gasteiger partial charge in [0.25, 0.3) is 11.8 Å². The zero-order valence-corrected chi connectivity index (χ0v) is 18.2. The predicted octanol–water partition coefficient (Wildman–Crippen LogP) is 5.05. The van der Waals surface area contributed by atoms with E-state index in [1.165, 1.54) is 4.90 Å². The van der Waals surface area contributed by atoms with Crippen LogP contribution in [-0.4, -0.2) is 29.2 Å². The first-order chi connectivity index (χ1) is 14.2. The van der Waals surface area contributed by atoms with Crippen LogP contribution in [0.4, 0.5) is 0 Å². The second-order valence-corrected chi connectivity index (χ2v) is 8.84. The summed E-state index contributed by atoms with van der Waals surface area (Å²) in [6.07, 6.45) is 2.36. The summed E-state index contributed by atoms with van der Waals surface area (Å²) in [7, 11) is 0. The Hall–Kier alpha value is -2.95. The Labute approximate surface area is 178 Å². The van der Waals surface area contributed by atoms with E-state index in [-0.39, 0.29) is 23.2 Å². The van der Waals surface area contributed by atoms with Gasteiger partial charge in [0.2, 0.25) is 0 Å². The van der Waals surface area contributed by atoms with Gasteiger partial charge in [0.05, 0.1) is 11.1 Å². The van der Waals surface area contributed by atoms with Crippen LogP contribution in [-0.2, 0) is 10.2 Å². The lowest BCUT2D eigenvalue weighted by molar-refractivity contribution is -0.134. The molecule has 1 aliphatic rings. The van der Waals surface area contributed by atoms with E-state index in [9.17, 15) is 14.4 Å². The summed E-state index contributed by atoms with van der Waals surface area (Å²) in [5, 5.41) is 0. The summed E-state index contributed by atoms with van der Waals surface area (Å²) in [5.41, 5.74) is 2.97. The molecular weight excluding hydrogens is 378 g/mol. The van der Waals surface area contributed by atoms with Crippen molar-refractivity contribution >= 4 is 17.8 Å². The minimum absolute atomic E-state index is 0.117. The van der Waals surface area contributed by atoms with Gasteiger partial charge in [-0.25, -0.2) is 0 Å². The minimum atomic E-state index is -0.259. The number of hydrogen-bond acceptors (Lipinski definition) is 4. The van der Waals surface area contributed by atoms with Gasteiger partial charge in [0, 0.05) is 18.5 Å². The van der Waals surface area contributed by atoms with E-state index in [0.29, 0.717) is 42.7 Å². The van der Waals surface area contributed by atoms with Gasteiger partial charge in [-0.3, -0.25) is 19.3 Å². The molecule has 158 valence electrons. The second-order valence-electron chi connectivity index (χ2n) is 8.84. The number of benzene rings is 2. The molecule has 30 heavy (non-hydrogen) atoms. The number of nitrogens with zero attached hydrogens (tertiary/aromatic N) is 1. The number of carbonyl (C=O) groups excluding carboxylic acids is 3. The first-order valence-electron chi connectivity index (χ1n) is 10.5. The van der Waals surface area contributed by atoms with Gasteiger partial charge in [-0.05, 0) is 43.4 Å². The normalized spacial score (nSPS) is 13.5. The standard InChI is InChI=1S/C25H29NO4/c1-17-13-14-21(20(16-17)25(2,3)4)30-22(27)12-6-5-9-15-26-23(28)18-10-7-8-11-19(18)24(26)29/h7-8,10-11,13-14,16H,5-6,9,12,15H2,1-4H3. The Bertz CT molecular complexity index is 936. The van der Waals surface area contributed by atoms with Crippen molar-refractivity contribution in [1.82, 2.24) is 4.90 Å². The quantitative estimate of drug-likeness (QED) is 0.279. The topological polar surface area (TPSA) is 63.7 Å². The summed E-state index contributed by atoms with van der Waals surface area (Å²) in [6.45, 7) is 8.68. The van der Waals surface area contributed by atoms with Crippen molar-refractivity contribution in [1.29, 1.82) is 0 Å². The largest absolute Gasteiger partial charge is 0.426 e. The molecule has 0 unspecified atom stereocenters. The third kappa shape index (κ3) is 4.78. The molecular formula is C25H29NO4. The lowest BCUT2D eigenvalue weighted by atomic mass is 9.85. The van der Waals surface area contributed by atoms with Gasteiger partial charge < -0.3 is 4.74 Å². The third-order valence-corrected chi connectivity index (χ3v) is 5.31. The summed E-state index contributed by atoms with van der Waals surface area (Å²) in [6, 6.07) is 12.8. The predicted molar refractivity (Wildman–Crippen MR) is 116 cm³/mol. The Balaban J connectivity index is 1.46. The van der Waals surface area contributed by atoms with E-state index in [1.54, 1.807) is 24.3 Å². The molecule has 0 saturated carbocycles. The zero-order valence-electron chi connectivity index (χ0n) is 18.2. The molecule has 0 bridgehead atoms. The number of ether oxygens (including phenoxy) is 1. The number of imide groups is 1. The van der Waals surface area contributed by atoms with E-state index in [1.807, 2.05) is 19.1 Å². The number of amides is 2. The number of carbonyl (C=O) groups is 3. The molecule has 0 atom stereocenters. The van der Waals surface area contributed by atoms with E-state index in [4.69, 9.17) is 4.74 Å². The molecule has 1 heterocycles. The highest BCUT2D eigenvalue weighted by Gasteiger charge is 2.34. The number of hydrogen-bond donors (Lipinski definition) is 0. The molecule has 5 nitrogen and oxygen atoms in total. The molecule has 2 aromatic carbocycles. The summed E-state index contributed by atoms with van der Waals surface area (Å²) >= 11 is 0. The van der Waals surface area contributed by atoms with Crippen molar-refractivity contribution in [3.8, 4) is 5.75 Å². The maximum absolute atomic E-state index is 12.4. The fourth-order valence-electron chi connectivity index (χ4n) is 3.65. The van der Waals surface area contributed by atoms with Gasteiger partial charge in [-0.1, -0.05) is 57.0 Å². The van der Waals surface area contributed by atoms with E-state index < -0.39 is 0 Å². The first kappa shape index (κ1) is 21.8. The number of rotatable bonds is 7. The van der Waals surface area contributed by atoms with Crippen LogP contribution in [0.3, 0.4) is 0 Å². The molecule has 1 aliphatic heterocycles. The van der Waals surface area contributed by atoms with Crippen molar-refractivity contribution in [3.63, 3.8) is 0 Å². The average Bonchev–Trinajstić information content (AvgIpc) is 2.93. The molecule has 0 aliphatic carbocycles. The molecule has 3 rings (SSSR count). The highest BCUT2D eigenvalue weighted by molar-refractivity contribution is 6.21. The lowest BCUT2D eigenvalue weighted by Crippen LogP contribution is -2.30. The van der Waals surface area contributed by atoms with Gasteiger partial charge in [0.15, 0.2) is 0 Å². The highest BCUT2D eigenvalue weighted by Crippen LogP contribution is 2.32. The number of unbranched alkanes of at least 4 members (excludes halogenated alkanes) is 2. The maximum atomic E-state index is 12.4.